The Morgan fingerprint density at radius 3 is 2.31 bits per heavy atom. The fourth-order valence-corrected chi connectivity index (χ4v) is 5.59. The van der Waals surface area contributed by atoms with Crippen molar-refractivity contribution in [3.8, 4) is 0 Å². The summed E-state index contributed by atoms with van der Waals surface area (Å²) in [6.07, 6.45) is 6.17. The maximum absolute atomic E-state index is 13.7. The molecule has 0 aromatic heterocycles. The molecule has 1 fully saturated rings. The minimum absolute atomic E-state index is 0.0859. The maximum Gasteiger partial charge on any atom is 0.244 e. The van der Waals surface area contributed by atoms with E-state index in [-0.39, 0.29) is 18.5 Å². The van der Waals surface area contributed by atoms with Gasteiger partial charge >= 0.3 is 0 Å². The summed E-state index contributed by atoms with van der Waals surface area (Å²) >= 11 is 12.2. The zero-order valence-electron chi connectivity index (χ0n) is 20.8. The van der Waals surface area contributed by atoms with Gasteiger partial charge in [-0.15, -0.1) is 0 Å². The maximum atomic E-state index is 13.7. The topological polar surface area (TPSA) is 86.8 Å². The molecule has 196 valence electrons. The number of anilines is 1. The third kappa shape index (κ3) is 7.37. The van der Waals surface area contributed by atoms with Gasteiger partial charge in [0.2, 0.25) is 21.8 Å². The first-order valence-electron chi connectivity index (χ1n) is 12.0. The van der Waals surface area contributed by atoms with Crippen molar-refractivity contribution >= 4 is 50.7 Å². The number of amides is 2. The molecule has 3 rings (SSSR count). The van der Waals surface area contributed by atoms with Gasteiger partial charge in [0.1, 0.15) is 12.6 Å². The van der Waals surface area contributed by atoms with E-state index in [1.807, 2.05) is 0 Å². The summed E-state index contributed by atoms with van der Waals surface area (Å²) in [5, 5.41) is 4.03. The summed E-state index contributed by atoms with van der Waals surface area (Å²) in [7, 11) is -3.82. The standard InChI is InChI=1S/C26H33Cl2N3O4S/c1-18-23(28)10-7-11-24(18)31(36(3,34)35)17-25(32)30(16-20-12-14-21(27)15-13-20)19(2)26(33)29-22-8-5-4-6-9-22/h7,10-15,19,22H,4-6,8-9,16-17H2,1-3H3,(H,29,33)/t19-/m0/s1. The number of hydrogen-bond acceptors (Lipinski definition) is 4. The van der Waals surface area contributed by atoms with Crippen LogP contribution in [0.25, 0.3) is 0 Å². The van der Waals surface area contributed by atoms with Crippen LogP contribution in [-0.4, -0.2) is 50.0 Å². The van der Waals surface area contributed by atoms with E-state index in [0.717, 1.165) is 48.2 Å². The van der Waals surface area contributed by atoms with E-state index >= 15 is 0 Å². The molecule has 0 heterocycles. The molecule has 0 radical (unpaired) electrons. The molecule has 0 spiro atoms. The number of carbonyl (C=O) groups excluding carboxylic acids is 2. The van der Waals surface area contributed by atoms with Crippen molar-refractivity contribution in [2.75, 3.05) is 17.1 Å². The van der Waals surface area contributed by atoms with Crippen LogP contribution in [0, 0.1) is 6.92 Å². The number of nitrogens with zero attached hydrogens (tertiary/aromatic N) is 2. The van der Waals surface area contributed by atoms with Gasteiger partial charge in [-0.05, 0) is 62.1 Å². The number of carbonyl (C=O) groups is 2. The van der Waals surface area contributed by atoms with Gasteiger partial charge in [0.05, 0.1) is 11.9 Å². The third-order valence-electron chi connectivity index (χ3n) is 6.57. The lowest BCUT2D eigenvalue weighted by Crippen LogP contribution is -2.53. The molecular weight excluding hydrogens is 521 g/mol. The molecule has 0 aliphatic heterocycles. The average Bonchev–Trinajstić information content (AvgIpc) is 2.83. The molecular formula is C26H33Cl2N3O4S. The summed E-state index contributed by atoms with van der Waals surface area (Å²) in [5.41, 5.74) is 1.64. The normalized spacial score (nSPS) is 15.2. The molecule has 1 atom stereocenters. The molecule has 0 saturated heterocycles. The summed E-state index contributed by atoms with van der Waals surface area (Å²) in [6.45, 7) is 3.03. The van der Waals surface area contributed by atoms with Crippen molar-refractivity contribution in [2.45, 2.75) is 64.6 Å². The predicted molar refractivity (Wildman–Crippen MR) is 145 cm³/mol. The summed E-state index contributed by atoms with van der Waals surface area (Å²) in [4.78, 5) is 28.3. The van der Waals surface area contributed by atoms with Crippen molar-refractivity contribution in [1.82, 2.24) is 10.2 Å². The second kappa shape index (κ2) is 12.3. The van der Waals surface area contributed by atoms with E-state index < -0.39 is 28.5 Å². The van der Waals surface area contributed by atoms with Gasteiger partial charge in [-0.1, -0.05) is 60.7 Å². The zero-order valence-corrected chi connectivity index (χ0v) is 23.2. The number of hydrogen-bond donors (Lipinski definition) is 1. The molecule has 1 aliphatic carbocycles. The monoisotopic (exact) mass is 553 g/mol. The first-order chi connectivity index (χ1) is 17.0. The molecule has 0 bridgehead atoms. The molecule has 1 aliphatic rings. The van der Waals surface area contributed by atoms with Crippen LogP contribution in [0.15, 0.2) is 42.5 Å². The molecule has 2 aromatic carbocycles. The largest absolute Gasteiger partial charge is 0.352 e. The Morgan fingerprint density at radius 1 is 1.06 bits per heavy atom. The quantitative estimate of drug-likeness (QED) is 0.476. The molecule has 36 heavy (non-hydrogen) atoms. The predicted octanol–water partition coefficient (Wildman–Crippen LogP) is 4.93. The zero-order chi connectivity index (χ0) is 26.5. The van der Waals surface area contributed by atoms with E-state index in [1.54, 1.807) is 56.3 Å². The first-order valence-corrected chi connectivity index (χ1v) is 14.6. The number of sulfonamides is 1. The molecule has 0 unspecified atom stereocenters. The minimum Gasteiger partial charge on any atom is -0.352 e. The van der Waals surface area contributed by atoms with Crippen LogP contribution in [-0.2, 0) is 26.2 Å². The van der Waals surface area contributed by atoms with Crippen LogP contribution in [0.2, 0.25) is 10.0 Å². The number of benzene rings is 2. The van der Waals surface area contributed by atoms with Gasteiger partial charge in [0, 0.05) is 22.6 Å². The lowest BCUT2D eigenvalue weighted by molar-refractivity contribution is -0.139. The molecule has 7 nitrogen and oxygen atoms in total. The van der Waals surface area contributed by atoms with Gasteiger partial charge in [0.25, 0.3) is 0 Å². The number of nitrogens with one attached hydrogen (secondary N) is 1. The van der Waals surface area contributed by atoms with Crippen molar-refractivity contribution in [3.63, 3.8) is 0 Å². The van der Waals surface area contributed by atoms with Crippen LogP contribution in [0.1, 0.15) is 50.2 Å². The molecule has 10 heteroatoms. The Balaban J connectivity index is 1.89. The lowest BCUT2D eigenvalue weighted by atomic mass is 9.95. The van der Waals surface area contributed by atoms with E-state index in [9.17, 15) is 18.0 Å². The first kappa shape index (κ1) is 28.3. The van der Waals surface area contributed by atoms with E-state index in [1.165, 1.54) is 4.90 Å². The van der Waals surface area contributed by atoms with Crippen LogP contribution >= 0.6 is 23.2 Å². The van der Waals surface area contributed by atoms with Crippen molar-refractivity contribution in [3.05, 3.63) is 63.6 Å². The average molecular weight is 555 g/mol. The summed E-state index contributed by atoms with van der Waals surface area (Å²) in [6, 6.07) is 11.2. The second-order valence-electron chi connectivity index (χ2n) is 9.32. The van der Waals surface area contributed by atoms with Crippen molar-refractivity contribution < 1.29 is 18.0 Å². The van der Waals surface area contributed by atoms with Gasteiger partial charge < -0.3 is 10.2 Å². The highest BCUT2D eigenvalue weighted by atomic mass is 35.5. The van der Waals surface area contributed by atoms with Gasteiger partial charge in [-0.3, -0.25) is 13.9 Å². The molecule has 2 amide bonds. The smallest absolute Gasteiger partial charge is 0.244 e. The van der Waals surface area contributed by atoms with Crippen LogP contribution in [0.3, 0.4) is 0 Å². The fourth-order valence-electron chi connectivity index (χ4n) is 4.40. The van der Waals surface area contributed by atoms with Gasteiger partial charge in [0.15, 0.2) is 0 Å². The third-order valence-corrected chi connectivity index (χ3v) is 8.36. The number of rotatable bonds is 9. The minimum atomic E-state index is -3.82. The van der Waals surface area contributed by atoms with Crippen LogP contribution in [0.4, 0.5) is 5.69 Å². The summed E-state index contributed by atoms with van der Waals surface area (Å²) in [5.74, 6) is -0.755. The molecule has 2 aromatic rings. The lowest BCUT2D eigenvalue weighted by Gasteiger charge is -2.33. The highest BCUT2D eigenvalue weighted by Crippen LogP contribution is 2.28. The molecule has 1 saturated carbocycles. The second-order valence-corrected chi connectivity index (χ2v) is 12.1. The van der Waals surface area contributed by atoms with Gasteiger partial charge in [-0.25, -0.2) is 8.42 Å². The Labute approximate surface area is 223 Å². The highest BCUT2D eigenvalue weighted by molar-refractivity contribution is 7.92. The van der Waals surface area contributed by atoms with Crippen molar-refractivity contribution in [1.29, 1.82) is 0 Å². The Kier molecular flexibility index (Phi) is 9.66. The Bertz CT molecular complexity index is 1180. The van der Waals surface area contributed by atoms with Crippen LogP contribution < -0.4 is 9.62 Å². The SMILES string of the molecule is Cc1c(Cl)cccc1N(CC(=O)N(Cc1ccc(Cl)cc1)[C@@H](C)C(=O)NC1CCCCC1)S(C)(=O)=O. The van der Waals surface area contributed by atoms with E-state index in [4.69, 9.17) is 23.2 Å². The van der Waals surface area contributed by atoms with Gasteiger partial charge in [-0.2, -0.15) is 0 Å². The summed E-state index contributed by atoms with van der Waals surface area (Å²) < 4.78 is 26.5. The Hall–Kier alpha value is -2.29. The van der Waals surface area contributed by atoms with Crippen molar-refractivity contribution in [2.24, 2.45) is 0 Å². The van der Waals surface area contributed by atoms with Crippen LogP contribution in [0.5, 0.6) is 0 Å². The molecule has 1 N–H and O–H groups in total. The van der Waals surface area contributed by atoms with E-state index in [0.29, 0.717) is 21.3 Å². The highest BCUT2D eigenvalue weighted by Gasteiger charge is 2.31. The Morgan fingerprint density at radius 2 is 1.69 bits per heavy atom. The number of halogens is 2. The fraction of sp³-hybridized carbons (Fsp3) is 0.462. The van der Waals surface area contributed by atoms with E-state index in [2.05, 4.69) is 5.32 Å².